The lowest BCUT2D eigenvalue weighted by Crippen LogP contribution is -2.42. The van der Waals surface area contributed by atoms with Gasteiger partial charge in [0.25, 0.3) is 5.91 Å². The number of amides is 2. The van der Waals surface area contributed by atoms with Gasteiger partial charge in [-0.05, 0) is 24.1 Å². The third-order valence-corrected chi connectivity index (χ3v) is 2.00. The molecule has 0 aromatic heterocycles. The summed E-state index contributed by atoms with van der Waals surface area (Å²) in [4.78, 5) is 22.8. The summed E-state index contributed by atoms with van der Waals surface area (Å²) in [6.45, 7) is 3.79. The van der Waals surface area contributed by atoms with Crippen molar-refractivity contribution in [2.24, 2.45) is 5.92 Å². The Morgan fingerprint density at radius 2 is 2.00 bits per heavy atom. The van der Waals surface area contributed by atoms with E-state index >= 15 is 0 Å². The number of hydrazine groups is 1. The first-order valence-electron chi connectivity index (χ1n) is 5.34. The largest absolute Gasteiger partial charge is 0.273 e. The van der Waals surface area contributed by atoms with E-state index < -0.39 is 11.7 Å². The second kappa shape index (κ2) is 5.98. The lowest BCUT2D eigenvalue weighted by molar-refractivity contribution is -0.122. The zero-order valence-electron chi connectivity index (χ0n) is 9.79. The molecule has 0 unspecified atom stereocenters. The van der Waals surface area contributed by atoms with Gasteiger partial charge in [0.05, 0.1) is 0 Å². The second-order valence-corrected chi connectivity index (χ2v) is 4.11. The fourth-order valence-corrected chi connectivity index (χ4v) is 1.25. The minimum Gasteiger partial charge on any atom is -0.273 e. The molecule has 0 atom stereocenters. The highest BCUT2D eigenvalue weighted by molar-refractivity contribution is 5.95. The van der Waals surface area contributed by atoms with Crippen molar-refractivity contribution in [1.29, 1.82) is 0 Å². The molecule has 0 aliphatic carbocycles. The summed E-state index contributed by atoms with van der Waals surface area (Å²) in [6, 6.07) is 5.24. The van der Waals surface area contributed by atoms with Crippen LogP contribution in [0.4, 0.5) is 4.39 Å². The molecule has 0 aliphatic rings. The number of benzene rings is 1. The molecule has 0 heterocycles. The van der Waals surface area contributed by atoms with Gasteiger partial charge in [-0.3, -0.25) is 20.4 Å². The monoisotopic (exact) mass is 238 g/mol. The van der Waals surface area contributed by atoms with E-state index in [2.05, 4.69) is 10.9 Å². The summed E-state index contributed by atoms with van der Waals surface area (Å²) in [5.74, 6) is -1.10. The predicted molar refractivity (Wildman–Crippen MR) is 61.5 cm³/mol. The van der Waals surface area contributed by atoms with Crippen LogP contribution in [0.25, 0.3) is 0 Å². The van der Waals surface area contributed by atoms with E-state index in [0.29, 0.717) is 6.42 Å². The van der Waals surface area contributed by atoms with Crippen LogP contribution in [0.2, 0.25) is 0 Å². The summed E-state index contributed by atoms with van der Waals surface area (Å²) in [5.41, 5.74) is 4.66. The molecule has 2 N–H and O–H groups in total. The molecule has 0 spiro atoms. The average molecular weight is 238 g/mol. The van der Waals surface area contributed by atoms with Crippen molar-refractivity contribution in [3.8, 4) is 0 Å². The lowest BCUT2D eigenvalue weighted by Gasteiger charge is -2.08. The Balaban J connectivity index is 2.48. The number of carbonyl (C=O) groups excluding carboxylic acids is 2. The Morgan fingerprint density at radius 1 is 1.29 bits per heavy atom. The highest BCUT2D eigenvalue weighted by Crippen LogP contribution is 2.02. The molecule has 1 aromatic rings. The van der Waals surface area contributed by atoms with Gasteiger partial charge in [0.15, 0.2) is 0 Å². The van der Waals surface area contributed by atoms with Crippen LogP contribution < -0.4 is 10.9 Å². The molecule has 0 saturated heterocycles. The maximum Gasteiger partial charge on any atom is 0.269 e. The van der Waals surface area contributed by atoms with Crippen molar-refractivity contribution < 1.29 is 14.0 Å². The Kier molecular flexibility index (Phi) is 4.63. The first-order valence-corrected chi connectivity index (χ1v) is 5.34. The molecule has 4 nitrogen and oxygen atoms in total. The molecule has 2 amide bonds. The molecule has 0 fully saturated rings. The van der Waals surface area contributed by atoms with Crippen molar-refractivity contribution in [3.63, 3.8) is 0 Å². The Hall–Kier alpha value is -1.91. The van der Waals surface area contributed by atoms with Crippen LogP contribution in [0, 0.1) is 11.7 Å². The topological polar surface area (TPSA) is 58.2 Å². The van der Waals surface area contributed by atoms with Gasteiger partial charge in [-0.25, -0.2) is 4.39 Å². The third kappa shape index (κ3) is 4.63. The van der Waals surface area contributed by atoms with Gasteiger partial charge >= 0.3 is 0 Å². The summed E-state index contributed by atoms with van der Waals surface area (Å²) < 4.78 is 12.8. The van der Waals surface area contributed by atoms with Crippen molar-refractivity contribution in [3.05, 3.63) is 35.6 Å². The smallest absolute Gasteiger partial charge is 0.269 e. The number of rotatable bonds is 3. The van der Waals surface area contributed by atoms with E-state index in [-0.39, 0.29) is 17.4 Å². The molecule has 1 aromatic carbocycles. The van der Waals surface area contributed by atoms with Gasteiger partial charge in [0.1, 0.15) is 5.82 Å². The molecule has 0 radical (unpaired) electrons. The molecule has 17 heavy (non-hydrogen) atoms. The van der Waals surface area contributed by atoms with Gasteiger partial charge in [0, 0.05) is 12.0 Å². The van der Waals surface area contributed by atoms with Gasteiger partial charge in [0.2, 0.25) is 5.91 Å². The first kappa shape index (κ1) is 13.2. The van der Waals surface area contributed by atoms with Crippen LogP contribution in [0.3, 0.4) is 0 Å². The molecule has 0 aliphatic heterocycles. The summed E-state index contributed by atoms with van der Waals surface area (Å²) in [6.07, 6.45) is 0.323. The maximum atomic E-state index is 12.8. The third-order valence-electron chi connectivity index (χ3n) is 2.00. The molecular formula is C12H15FN2O2. The molecule has 0 saturated carbocycles. The van der Waals surface area contributed by atoms with Crippen LogP contribution in [0.1, 0.15) is 30.6 Å². The number of nitrogens with one attached hydrogen (secondary N) is 2. The zero-order chi connectivity index (χ0) is 12.8. The van der Waals surface area contributed by atoms with E-state index in [1.54, 1.807) is 0 Å². The van der Waals surface area contributed by atoms with Crippen LogP contribution >= 0.6 is 0 Å². The van der Waals surface area contributed by atoms with Gasteiger partial charge in [-0.2, -0.15) is 0 Å². The van der Waals surface area contributed by atoms with Crippen LogP contribution in [-0.4, -0.2) is 11.8 Å². The first-order chi connectivity index (χ1) is 7.99. The van der Waals surface area contributed by atoms with E-state index in [4.69, 9.17) is 0 Å². The summed E-state index contributed by atoms with van der Waals surface area (Å²) >= 11 is 0. The summed E-state index contributed by atoms with van der Waals surface area (Å²) in [7, 11) is 0. The van der Waals surface area contributed by atoms with Crippen molar-refractivity contribution >= 4 is 11.8 Å². The minimum absolute atomic E-state index is 0.162. The summed E-state index contributed by atoms with van der Waals surface area (Å²) in [5, 5.41) is 0. The molecule has 92 valence electrons. The van der Waals surface area contributed by atoms with E-state index in [1.165, 1.54) is 18.2 Å². The number of hydrogen-bond donors (Lipinski definition) is 2. The SMILES string of the molecule is CC(C)CC(=O)NNC(=O)c1cccc(F)c1. The van der Waals surface area contributed by atoms with Gasteiger partial charge in [-0.1, -0.05) is 19.9 Å². The van der Waals surface area contributed by atoms with Crippen molar-refractivity contribution in [2.45, 2.75) is 20.3 Å². The van der Waals surface area contributed by atoms with Crippen molar-refractivity contribution in [2.75, 3.05) is 0 Å². The van der Waals surface area contributed by atoms with Crippen LogP contribution in [0.5, 0.6) is 0 Å². The predicted octanol–water partition coefficient (Wildman–Crippen LogP) is 1.63. The van der Waals surface area contributed by atoms with Crippen molar-refractivity contribution in [1.82, 2.24) is 10.9 Å². The number of carbonyl (C=O) groups is 2. The van der Waals surface area contributed by atoms with Crippen LogP contribution in [0.15, 0.2) is 24.3 Å². The average Bonchev–Trinajstić information content (AvgIpc) is 2.25. The molecular weight excluding hydrogens is 223 g/mol. The number of hydrogen-bond acceptors (Lipinski definition) is 2. The highest BCUT2D eigenvalue weighted by Gasteiger charge is 2.08. The van der Waals surface area contributed by atoms with E-state index in [9.17, 15) is 14.0 Å². The lowest BCUT2D eigenvalue weighted by atomic mass is 10.1. The molecule has 1 rings (SSSR count). The Morgan fingerprint density at radius 3 is 2.59 bits per heavy atom. The Bertz CT molecular complexity index is 419. The quantitative estimate of drug-likeness (QED) is 0.786. The molecule has 0 bridgehead atoms. The normalized spacial score (nSPS) is 10.1. The molecule has 5 heteroatoms. The van der Waals surface area contributed by atoms with E-state index in [1.807, 2.05) is 13.8 Å². The second-order valence-electron chi connectivity index (χ2n) is 4.11. The van der Waals surface area contributed by atoms with Gasteiger partial charge < -0.3 is 0 Å². The minimum atomic E-state index is -0.540. The van der Waals surface area contributed by atoms with E-state index in [0.717, 1.165) is 6.07 Å². The zero-order valence-corrected chi connectivity index (χ0v) is 9.79. The maximum absolute atomic E-state index is 12.8. The van der Waals surface area contributed by atoms with Gasteiger partial charge in [-0.15, -0.1) is 0 Å². The highest BCUT2D eigenvalue weighted by atomic mass is 19.1. The Labute approximate surface area is 99.2 Å². The van der Waals surface area contributed by atoms with Crippen LogP contribution in [-0.2, 0) is 4.79 Å². The fourth-order valence-electron chi connectivity index (χ4n) is 1.25. The standard InChI is InChI=1S/C12H15FN2O2/c1-8(2)6-11(16)14-15-12(17)9-4-3-5-10(13)7-9/h3-5,7-8H,6H2,1-2H3,(H,14,16)(H,15,17). The number of halogens is 1. The fraction of sp³-hybridized carbons (Fsp3) is 0.333.